The second-order valence-corrected chi connectivity index (χ2v) is 4.98. The number of fused-ring (bicyclic) bond motifs is 1. The Bertz CT molecular complexity index is 658. The highest BCUT2D eigenvalue weighted by Crippen LogP contribution is 2.40. The molecule has 1 aromatic carbocycles. The van der Waals surface area contributed by atoms with E-state index in [0.29, 0.717) is 0 Å². The normalized spacial score (nSPS) is 18.9. The molecule has 2 aromatic rings. The second kappa shape index (κ2) is 4.90. The van der Waals surface area contributed by atoms with Crippen LogP contribution in [0.3, 0.4) is 0 Å². The summed E-state index contributed by atoms with van der Waals surface area (Å²) in [5.74, 6) is -4.06. The largest absolute Gasteiger partial charge is 0.323 e. The molecule has 2 unspecified atom stereocenters. The zero-order valence-corrected chi connectivity index (χ0v) is 10.6. The van der Waals surface area contributed by atoms with E-state index in [1.807, 2.05) is 12.1 Å². The predicted molar refractivity (Wildman–Crippen MR) is 68.5 cm³/mol. The van der Waals surface area contributed by atoms with Gasteiger partial charge in [-0.1, -0.05) is 12.1 Å². The summed E-state index contributed by atoms with van der Waals surface area (Å²) in [4.78, 5) is 4.29. The second-order valence-electron chi connectivity index (χ2n) is 4.98. The van der Waals surface area contributed by atoms with Gasteiger partial charge in [0.05, 0.1) is 0 Å². The van der Waals surface area contributed by atoms with Crippen LogP contribution in [0.15, 0.2) is 30.5 Å². The summed E-state index contributed by atoms with van der Waals surface area (Å²) in [6.45, 7) is 0. The first-order valence-corrected chi connectivity index (χ1v) is 6.42. The summed E-state index contributed by atoms with van der Waals surface area (Å²) in [5, 5.41) is 0. The molecule has 3 rings (SSSR count). The molecule has 0 saturated heterocycles. The Kier molecular flexibility index (Phi) is 3.22. The molecule has 0 spiro atoms. The zero-order chi connectivity index (χ0) is 14.3. The lowest BCUT2D eigenvalue weighted by atomic mass is 9.91. The van der Waals surface area contributed by atoms with Gasteiger partial charge < -0.3 is 5.73 Å². The Labute approximate surface area is 114 Å². The van der Waals surface area contributed by atoms with Crippen molar-refractivity contribution in [2.45, 2.75) is 24.8 Å². The number of hydrogen-bond acceptors (Lipinski definition) is 2. The molecule has 1 aliphatic rings. The van der Waals surface area contributed by atoms with Crippen molar-refractivity contribution in [2.75, 3.05) is 0 Å². The maximum absolute atomic E-state index is 13.8. The molecule has 2 N–H and O–H groups in total. The van der Waals surface area contributed by atoms with Crippen LogP contribution in [-0.2, 0) is 6.42 Å². The Morgan fingerprint density at radius 1 is 1.15 bits per heavy atom. The van der Waals surface area contributed by atoms with Gasteiger partial charge in [0, 0.05) is 29.4 Å². The molecule has 0 bridgehead atoms. The van der Waals surface area contributed by atoms with E-state index >= 15 is 0 Å². The van der Waals surface area contributed by atoms with Crippen LogP contribution in [0.5, 0.6) is 0 Å². The van der Waals surface area contributed by atoms with Gasteiger partial charge in [-0.25, -0.2) is 13.2 Å². The van der Waals surface area contributed by atoms with Gasteiger partial charge >= 0.3 is 0 Å². The van der Waals surface area contributed by atoms with Gasteiger partial charge in [0.15, 0.2) is 17.5 Å². The van der Waals surface area contributed by atoms with Crippen LogP contribution in [0.4, 0.5) is 13.2 Å². The maximum atomic E-state index is 13.8. The molecule has 0 radical (unpaired) electrons. The zero-order valence-electron chi connectivity index (χ0n) is 10.6. The number of rotatable bonds is 2. The number of nitrogens with zero attached hydrogens (tertiary/aromatic N) is 1. The van der Waals surface area contributed by atoms with Crippen LogP contribution in [0, 0.1) is 17.5 Å². The van der Waals surface area contributed by atoms with Crippen LogP contribution in [0.2, 0.25) is 0 Å². The lowest BCUT2D eigenvalue weighted by molar-refractivity contribution is 0.425. The standard InChI is InChI=1S/C15H13F3N2/c16-11-6-5-9(12(17)13(11)18)14(19)10-4-3-8-2-1-7-20-15(8)10/h1-2,5-7,10,14H,3-4,19H2. The van der Waals surface area contributed by atoms with Crippen molar-refractivity contribution in [2.24, 2.45) is 5.73 Å². The molecule has 0 aliphatic heterocycles. The van der Waals surface area contributed by atoms with Crippen molar-refractivity contribution in [3.8, 4) is 0 Å². The van der Waals surface area contributed by atoms with E-state index in [9.17, 15) is 13.2 Å². The number of aryl methyl sites for hydroxylation is 1. The van der Waals surface area contributed by atoms with E-state index in [2.05, 4.69) is 4.98 Å². The van der Waals surface area contributed by atoms with Crippen LogP contribution >= 0.6 is 0 Å². The van der Waals surface area contributed by atoms with E-state index in [1.165, 1.54) is 6.07 Å². The van der Waals surface area contributed by atoms with Gasteiger partial charge in [0.25, 0.3) is 0 Å². The van der Waals surface area contributed by atoms with E-state index in [4.69, 9.17) is 5.73 Å². The lowest BCUT2D eigenvalue weighted by Crippen LogP contribution is -2.21. The minimum Gasteiger partial charge on any atom is -0.323 e. The van der Waals surface area contributed by atoms with E-state index in [-0.39, 0.29) is 11.5 Å². The SMILES string of the molecule is NC(c1ccc(F)c(F)c1F)C1CCc2cccnc21. The van der Waals surface area contributed by atoms with Gasteiger partial charge in [-0.2, -0.15) is 0 Å². The van der Waals surface area contributed by atoms with Crippen molar-refractivity contribution in [3.63, 3.8) is 0 Å². The molecular weight excluding hydrogens is 265 g/mol. The fourth-order valence-corrected chi connectivity index (χ4v) is 2.81. The van der Waals surface area contributed by atoms with Gasteiger partial charge in [0.1, 0.15) is 0 Å². The minimum absolute atomic E-state index is 0.00703. The lowest BCUT2D eigenvalue weighted by Gasteiger charge is -2.20. The summed E-state index contributed by atoms with van der Waals surface area (Å²) >= 11 is 0. The van der Waals surface area contributed by atoms with Crippen molar-refractivity contribution in [1.29, 1.82) is 0 Å². The number of aromatic nitrogens is 1. The number of halogens is 3. The molecule has 0 saturated carbocycles. The number of hydrogen-bond donors (Lipinski definition) is 1. The summed E-state index contributed by atoms with van der Waals surface area (Å²) in [5.41, 5.74) is 7.96. The van der Waals surface area contributed by atoms with Crippen LogP contribution in [0.25, 0.3) is 0 Å². The fourth-order valence-electron chi connectivity index (χ4n) is 2.81. The number of pyridine rings is 1. The smallest absolute Gasteiger partial charge is 0.194 e. The molecule has 0 amide bonds. The topological polar surface area (TPSA) is 38.9 Å². The maximum Gasteiger partial charge on any atom is 0.194 e. The Hall–Kier alpha value is -1.88. The van der Waals surface area contributed by atoms with Gasteiger partial charge in [0.2, 0.25) is 0 Å². The van der Waals surface area contributed by atoms with E-state index in [1.54, 1.807) is 6.20 Å². The molecule has 1 aliphatic carbocycles. The molecule has 5 heteroatoms. The minimum atomic E-state index is -1.47. The number of nitrogens with two attached hydrogens (primary N) is 1. The van der Waals surface area contributed by atoms with Crippen LogP contribution < -0.4 is 5.73 Å². The third-order valence-corrected chi connectivity index (χ3v) is 3.86. The van der Waals surface area contributed by atoms with E-state index < -0.39 is 23.5 Å². The molecule has 1 heterocycles. The highest BCUT2D eigenvalue weighted by Gasteiger charge is 2.32. The monoisotopic (exact) mass is 278 g/mol. The molecule has 2 atom stereocenters. The molecular formula is C15H13F3N2. The van der Waals surface area contributed by atoms with Crippen LogP contribution in [-0.4, -0.2) is 4.98 Å². The summed E-state index contributed by atoms with van der Waals surface area (Å²) in [6.07, 6.45) is 3.20. The van der Waals surface area contributed by atoms with Crippen molar-refractivity contribution >= 4 is 0 Å². The van der Waals surface area contributed by atoms with Crippen LogP contribution in [0.1, 0.15) is 35.2 Å². The third-order valence-electron chi connectivity index (χ3n) is 3.86. The molecule has 2 nitrogen and oxygen atoms in total. The van der Waals surface area contributed by atoms with Crippen molar-refractivity contribution in [3.05, 3.63) is 64.7 Å². The Balaban J connectivity index is 1.99. The van der Waals surface area contributed by atoms with Crippen molar-refractivity contribution in [1.82, 2.24) is 4.98 Å². The van der Waals surface area contributed by atoms with Crippen molar-refractivity contribution < 1.29 is 13.2 Å². The fraction of sp³-hybridized carbons (Fsp3) is 0.267. The molecule has 20 heavy (non-hydrogen) atoms. The molecule has 104 valence electrons. The highest BCUT2D eigenvalue weighted by molar-refractivity contribution is 5.34. The average molecular weight is 278 g/mol. The molecule has 1 aromatic heterocycles. The quantitative estimate of drug-likeness (QED) is 0.857. The predicted octanol–water partition coefficient (Wildman–Crippen LogP) is 3.23. The van der Waals surface area contributed by atoms with Gasteiger partial charge in [-0.05, 0) is 30.5 Å². The first-order valence-electron chi connectivity index (χ1n) is 6.42. The third kappa shape index (κ3) is 1.98. The van der Waals surface area contributed by atoms with Gasteiger partial charge in [-0.3, -0.25) is 4.98 Å². The Morgan fingerprint density at radius 2 is 1.95 bits per heavy atom. The highest BCUT2D eigenvalue weighted by atomic mass is 19.2. The summed E-state index contributed by atoms with van der Waals surface area (Å²) in [7, 11) is 0. The summed E-state index contributed by atoms with van der Waals surface area (Å²) < 4.78 is 40.1. The first-order chi connectivity index (χ1) is 9.59. The number of benzene rings is 1. The van der Waals surface area contributed by atoms with Gasteiger partial charge in [-0.15, -0.1) is 0 Å². The average Bonchev–Trinajstić information content (AvgIpc) is 2.88. The first kappa shape index (κ1) is 13.1. The summed E-state index contributed by atoms with van der Waals surface area (Å²) in [6, 6.07) is 5.17. The Morgan fingerprint density at radius 3 is 2.75 bits per heavy atom. The van der Waals surface area contributed by atoms with E-state index in [0.717, 1.165) is 30.2 Å². The molecule has 0 fully saturated rings.